The van der Waals surface area contributed by atoms with E-state index in [1.165, 1.54) is 0 Å². The van der Waals surface area contributed by atoms with E-state index < -0.39 is 6.04 Å². The van der Waals surface area contributed by atoms with Crippen LogP contribution in [0.5, 0.6) is 0 Å². The summed E-state index contributed by atoms with van der Waals surface area (Å²) >= 11 is 1.66. The van der Waals surface area contributed by atoms with Gasteiger partial charge in [0.25, 0.3) is 5.91 Å². The molecule has 2 fully saturated rings. The number of thioether (sulfide) groups is 1. The lowest BCUT2D eigenvalue weighted by molar-refractivity contribution is -0.133. The molecule has 0 aromatic heterocycles. The van der Waals surface area contributed by atoms with Gasteiger partial charge >= 0.3 is 0 Å². The molecule has 6 nitrogen and oxygen atoms in total. The number of nitrogens with one attached hydrogen (secondary N) is 2. The molecule has 1 aliphatic carbocycles. The van der Waals surface area contributed by atoms with Crippen molar-refractivity contribution in [3.05, 3.63) is 35.4 Å². The second-order valence-electron chi connectivity index (χ2n) is 8.06. The molecular weight excluding hydrogens is 386 g/mol. The lowest BCUT2D eigenvalue weighted by Crippen LogP contribution is -2.53. The number of piperidine rings is 1. The number of likely N-dealkylation sites (tertiary alicyclic amines) is 1. The van der Waals surface area contributed by atoms with Gasteiger partial charge in [0, 0.05) is 30.6 Å². The molecule has 3 amide bonds. The van der Waals surface area contributed by atoms with Gasteiger partial charge in [-0.25, -0.2) is 0 Å². The van der Waals surface area contributed by atoms with Gasteiger partial charge in [0.2, 0.25) is 11.8 Å². The average molecular weight is 418 g/mol. The predicted octanol–water partition coefficient (Wildman–Crippen LogP) is 2.36. The fourth-order valence-electron chi connectivity index (χ4n) is 3.67. The number of carbonyl (C=O) groups excluding carboxylic acids is 3. The Morgan fingerprint density at radius 3 is 2.52 bits per heavy atom. The molecule has 1 aromatic rings. The molecule has 0 spiro atoms. The molecule has 0 radical (unpaired) electrons. The van der Waals surface area contributed by atoms with Gasteiger partial charge in [-0.1, -0.05) is 17.7 Å². The van der Waals surface area contributed by atoms with Crippen LogP contribution < -0.4 is 10.6 Å². The van der Waals surface area contributed by atoms with E-state index in [4.69, 9.17) is 0 Å². The number of rotatable bonds is 8. The lowest BCUT2D eigenvalue weighted by atomic mass is 10.0. The fraction of sp³-hybridized carbons (Fsp3) is 0.591. The van der Waals surface area contributed by atoms with E-state index >= 15 is 0 Å². The van der Waals surface area contributed by atoms with Crippen LogP contribution in [0.1, 0.15) is 48.0 Å². The van der Waals surface area contributed by atoms with E-state index in [0.717, 1.165) is 37.0 Å². The monoisotopic (exact) mass is 417 g/mol. The second kappa shape index (κ2) is 10.1. The molecule has 2 aliphatic rings. The summed E-state index contributed by atoms with van der Waals surface area (Å²) in [6.45, 7) is 3.34. The summed E-state index contributed by atoms with van der Waals surface area (Å²) < 4.78 is 0. The molecular formula is C22H31N3O3S. The third kappa shape index (κ3) is 6.23. The molecule has 1 aromatic carbocycles. The first kappa shape index (κ1) is 21.7. The van der Waals surface area contributed by atoms with Crippen molar-refractivity contribution < 1.29 is 14.4 Å². The van der Waals surface area contributed by atoms with Crippen LogP contribution in [0.3, 0.4) is 0 Å². The van der Waals surface area contributed by atoms with E-state index in [2.05, 4.69) is 10.6 Å². The molecule has 1 atom stereocenters. The van der Waals surface area contributed by atoms with Crippen molar-refractivity contribution in [2.75, 3.05) is 25.1 Å². The van der Waals surface area contributed by atoms with E-state index in [1.54, 1.807) is 17.8 Å². The maximum Gasteiger partial charge on any atom is 0.251 e. The first-order chi connectivity index (χ1) is 14.0. The van der Waals surface area contributed by atoms with Crippen molar-refractivity contribution >= 4 is 29.5 Å². The Hall–Kier alpha value is -2.02. The lowest BCUT2D eigenvalue weighted by Gasteiger charge is -2.33. The molecule has 7 heteroatoms. The number of amides is 3. The summed E-state index contributed by atoms with van der Waals surface area (Å²) in [6.07, 6.45) is 6.16. The Morgan fingerprint density at radius 2 is 1.90 bits per heavy atom. The highest BCUT2D eigenvalue weighted by Gasteiger charge is 2.35. The zero-order valence-electron chi connectivity index (χ0n) is 17.3. The Balaban J connectivity index is 1.53. The van der Waals surface area contributed by atoms with Crippen molar-refractivity contribution in [3.8, 4) is 0 Å². The highest BCUT2D eigenvalue weighted by atomic mass is 32.2. The summed E-state index contributed by atoms with van der Waals surface area (Å²) in [5.41, 5.74) is 1.58. The number of benzene rings is 1. The minimum absolute atomic E-state index is 0.0541. The van der Waals surface area contributed by atoms with Crippen LogP contribution in [0.15, 0.2) is 24.3 Å². The molecule has 0 bridgehead atoms. The normalized spacial score (nSPS) is 18.2. The van der Waals surface area contributed by atoms with E-state index in [-0.39, 0.29) is 29.7 Å². The Morgan fingerprint density at radius 1 is 1.17 bits per heavy atom. The third-order valence-electron chi connectivity index (χ3n) is 5.59. The molecule has 29 heavy (non-hydrogen) atoms. The van der Waals surface area contributed by atoms with Crippen molar-refractivity contribution in [3.63, 3.8) is 0 Å². The summed E-state index contributed by atoms with van der Waals surface area (Å²) in [5, 5.41) is 6.01. The smallest absolute Gasteiger partial charge is 0.251 e. The largest absolute Gasteiger partial charge is 0.351 e. The zero-order chi connectivity index (χ0) is 20.8. The van der Waals surface area contributed by atoms with E-state index in [1.807, 2.05) is 36.3 Å². The Labute approximate surface area is 177 Å². The molecule has 1 saturated heterocycles. The SMILES string of the molecule is CSCCC(NC(=O)c1cccc(C)c1)C(=O)NC1CCN(C(=O)C2CC2)CC1. The van der Waals surface area contributed by atoms with Gasteiger partial charge in [-0.2, -0.15) is 11.8 Å². The van der Waals surface area contributed by atoms with Gasteiger partial charge in [0.05, 0.1) is 0 Å². The first-order valence-corrected chi connectivity index (χ1v) is 11.8. The number of carbonyl (C=O) groups is 3. The van der Waals surface area contributed by atoms with Crippen LogP contribution in [0.25, 0.3) is 0 Å². The molecule has 3 rings (SSSR count). The quantitative estimate of drug-likeness (QED) is 0.681. The fourth-order valence-corrected chi connectivity index (χ4v) is 4.14. The van der Waals surface area contributed by atoms with Crippen LogP contribution in [-0.4, -0.2) is 59.8 Å². The highest BCUT2D eigenvalue weighted by molar-refractivity contribution is 7.98. The number of aryl methyl sites for hydroxylation is 1. The topological polar surface area (TPSA) is 78.5 Å². The standard InChI is InChI=1S/C22H31N3O3S/c1-15-4-3-5-17(14-15)20(26)24-19(10-13-29-2)21(27)23-18-8-11-25(12-9-18)22(28)16-6-7-16/h3-5,14,16,18-19H,6-13H2,1-2H3,(H,23,27)(H,24,26). The van der Waals surface area contributed by atoms with Gasteiger partial charge in [0.15, 0.2) is 0 Å². The molecule has 1 heterocycles. The van der Waals surface area contributed by atoms with Crippen molar-refractivity contribution in [2.24, 2.45) is 5.92 Å². The van der Waals surface area contributed by atoms with Gasteiger partial charge < -0.3 is 15.5 Å². The van der Waals surface area contributed by atoms with E-state index in [9.17, 15) is 14.4 Å². The van der Waals surface area contributed by atoms with Gasteiger partial charge in [0.1, 0.15) is 6.04 Å². The summed E-state index contributed by atoms with van der Waals surface area (Å²) in [4.78, 5) is 39.6. The molecule has 2 N–H and O–H groups in total. The second-order valence-corrected chi connectivity index (χ2v) is 9.05. The number of nitrogens with zero attached hydrogens (tertiary/aromatic N) is 1. The van der Waals surface area contributed by atoms with Gasteiger partial charge in [-0.05, 0) is 63.2 Å². The van der Waals surface area contributed by atoms with E-state index in [0.29, 0.717) is 25.1 Å². The summed E-state index contributed by atoms with van der Waals surface area (Å²) in [5.74, 6) is 0.958. The number of hydrogen-bond donors (Lipinski definition) is 2. The van der Waals surface area contributed by atoms with Crippen molar-refractivity contribution in [1.82, 2.24) is 15.5 Å². The summed E-state index contributed by atoms with van der Waals surface area (Å²) in [7, 11) is 0. The third-order valence-corrected chi connectivity index (χ3v) is 6.24. The molecule has 158 valence electrons. The van der Waals surface area contributed by atoms with Crippen LogP contribution in [-0.2, 0) is 9.59 Å². The maximum absolute atomic E-state index is 12.9. The maximum atomic E-state index is 12.9. The Bertz CT molecular complexity index is 743. The minimum atomic E-state index is -0.554. The van der Waals surface area contributed by atoms with Crippen LogP contribution in [0.4, 0.5) is 0 Å². The summed E-state index contributed by atoms with van der Waals surface area (Å²) in [6, 6.07) is 6.87. The highest BCUT2D eigenvalue weighted by Crippen LogP contribution is 2.31. The van der Waals surface area contributed by atoms with Crippen molar-refractivity contribution in [2.45, 2.75) is 51.1 Å². The molecule has 1 unspecified atom stereocenters. The Kier molecular flexibility index (Phi) is 7.58. The average Bonchev–Trinajstić information content (AvgIpc) is 3.56. The number of hydrogen-bond acceptors (Lipinski definition) is 4. The zero-order valence-corrected chi connectivity index (χ0v) is 18.1. The predicted molar refractivity (Wildman–Crippen MR) is 116 cm³/mol. The van der Waals surface area contributed by atoms with Crippen molar-refractivity contribution in [1.29, 1.82) is 0 Å². The first-order valence-electron chi connectivity index (χ1n) is 10.4. The van der Waals surface area contributed by atoms with Crippen LogP contribution in [0.2, 0.25) is 0 Å². The molecule has 1 saturated carbocycles. The van der Waals surface area contributed by atoms with Crippen LogP contribution in [0, 0.1) is 12.8 Å². The minimum Gasteiger partial charge on any atom is -0.351 e. The van der Waals surface area contributed by atoms with Gasteiger partial charge in [-0.15, -0.1) is 0 Å². The van der Waals surface area contributed by atoms with Gasteiger partial charge in [-0.3, -0.25) is 14.4 Å². The molecule has 1 aliphatic heterocycles. The van der Waals surface area contributed by atoms with Crippen LogP contribution >= 0.6 is 11.8 Å².